The van der Waals surface area contributed by atoms with E-state index in [9.17, 15) is 13.2 Å². The molecule has 1 aliphatic heterocycles. The molecule has 21 heavy (non-hydrogen) atoms. The van der Waals surface area contributed by atoms with Crippen molar-refractivity contribution in [2.75, 3.05) is 19.3 Å². The fourth-order valence-electron chi connectivity index (χ4n) is 2.03. The van der Waals surface area contributed by atoms with Gasteiger partial charge in [-0.1, -0.05) is 0 Å². The van der Waals surface area contributed by atoms with E-state index in [2.05, 4.69) is 15.4 Å². The highest BCUT2D eigenvalue weighted by Crippen LogP contribution is 2.09. The lowest BCUT2D eigenvalue weighted by Crippen LogP contribution is -2.45. The fourth-order valence-corrected chi connectivity index (χ4v) is 2.43. The zero-order valence-corrected chi connectivity index (χ0v) is 13.4. The van der Waals surface area contributed by atoms with E-state index in [1.807, 2.05) is 0 Å². The lowest BCUT2D eigenvalue weighted by molar-refractivity contribution is 0.0900. The summed E-state index contributed by atoms with van der Waals surface area (Å²) in [5, 5.41) is 6.10. The first-order valence-electron chi connectivity index (χ1n) is 6.49. The number of hydrogen-bond donors (Lipinski definition) is 3. The van der Waals surface area contributed by atoms with Crippen LogP contribution in [0.4, 0.5) is 0 Å². The summed E-state index contributed by atoms with van der Waals surface area (Å²) in [6.45, 7) is 1.78. The van der Waals surface area contributed by atoms with Crippen LogP contribution in [0.25, 0.3) is 0 Å². The number of nitrogens with one attached hydrogen (secondary N) is 3. The number of carbonyl (C=O) groups excluding carboxylic acids is 1. The average Bonchev–Trinajstić information content (AvgIpc) is 2.86. The summed E-state index contributed by atoms with van der Waals surface area (Å²) in [5.74, 6) is 0.326. The zero-order chi connectivity index (χ0) is 14.6. The van der Waals surface area contributed by atoms with Crippen molar-refractivity contribution in [3.8, 4) is 0 Å². The largest absolute Gasteiger partial charge is 0.455 e. The van der Waals surface area contributed by atoms with Crippen LogP contribution in [-0.2, 0) is 16.6 Å². The van der Waals surface area contributed by atoms with Crippen LogP contribution in [0, 0.1) is 0 Å². The monoisotopic (exact) mass is 337 g/mol. The van der Waals surface area contributed by atoms with Crippen molar-refractivity contribution in [1.29, 1.82) is 0 Å². The predicted molar refractivity (Wildman–Crippen MR) is 81.0 cm³/mol. The van der Waals surface area contributed by atoms with Crippen LogP contribution in [0.3, 0.4) is 0 Å². The Labute approximate surface area is 130 Å². The lowest BCUT2D eigenvalue weighted by Gasteiger charge is -2.23. The number of rotatable bonds is 5. The van der Waals surface area contributed by atoms with Crippen molar-refractivity contribution in [1.82, 2.24) is 15.4 Å². The molecule has 2 heterocycles. The molecule has 0 bridgehead atoms. The van der Waals surface area contributed by atoms with Gasteiger partial charge in [0.15, 0.2) is 5.76 Å². The summed E-state index contributed by atoms with van der Waals surface area (Å²) >= 11 is 0. The Hall–Kier alpha value is -1.09. The van der Waals surface area contributed by atoms with E-state index in [0.29, 0.717) is 5.76 Å². The first-order chi connectivity index (χ1) is 9.44. The van der Waals surface area contributed by atoms with Gasteiger partial charge in [-0.05, 0) is 31.5 Å². The number of carbonyl (C=O) groups is 1. The van der Waals surface area contributed by atoms with Gasteiger partial charge < -0.3 is 15.1 Å². The van der Waals surface area contributed by atoms with E-state index >= 15 is 0 Å². The summed E-state index contributed by atoms with van der Waals surface area (Å²) in [4.78, 5) is 12.0. The summed E-state index contributed by atoms with van der Waals surface area (Å²) < 4.78 is 29.6. The van der Waals surface area contributed by atoms with E-state index in [-0.39, 0.29) is 36.7 Å². The van der Waals surface area contributed by atoms with E-state index < -0.39 is 10.0 Å². The molecule has 0 saturated carbocycles. The lowest BCUT2D eigenvalue weighted by atomic mass is 10.1. The quantitative estimate of drug-likeness (QED) is 0.714. The second-order valence-electron chi connectivity index (χ2n) is 4.88. The summed E-state index contributed by atoms with van der Waals surface area (Å²) in [6, 6.07) is 3.25. The van der Waals surface area contributed by atoms with Gasteiger partial charge in [-0.3, -0.25) is 4.79 Å². The third-order valence-corrected chi connectivity index (χ3v) is 3.69. The van der Waals surface area contributed by atoms with Gasteiger partial charge in [0.2, 0.25) is 10.0 Å². The standard InChI is InChI=1S/C12H19N3O4S.ClH/c1-20(17,18)14-8-10-4-5-11(19-10)12(16)15-9-3-2-6-13-7-9;/h4-5,9,13-14H,2-3,6-8H2,1H3,(H,15,16);1H/t9-;/m0./s1. The Balaban J connectivity index is 0.00000220. The molecule has 1 aromatic rings. The average molecular weight is 338 g/mol. The summed E-state index contributed by atoms with van der Waals surface area (Å²) in [5.41, 5.74) is 0. The first kappa shape index (κ1) is 18.0. The molecule has 0 radical (unpaired) electrons. The second kappa shape index (κ2) is 7.79. The minimum atomic E-state index is -3.27. The highest BCUT2D eigenvalue weighted by atomic mass is 35.5. The van der Waals surface area contributed by atoms with E-state index in [1.165, 1.54) is 0 Å². The SMILES string of the molecule is CS(=O)(=O)NCc1ccc(C(=O)N[C@H]2CCCNC2)o1.Cl. The maximum absolute atomic E-state index is 12.0. The molecule has 0 unspecified atom stereocenters. The molecule has 1 aliphatic rings. The van der Waals surface area contributed by atoms with E-state index in [1.54, 1.807) is 12.1 Å². The third kappa shape index (κ3) is 6.04. The Morgan fingerprint density at radius 3 is 2.86 bits per heavy atom. The molecule has 0 aromatic carbocycles. The Bertz CT molecular complexity index is 567. The summed E-state index contributed by atoms with van der Waals surface area (Å²) in [7, 11) is -3.27. The van der Waals surface area contributed by atoms with Crippen LogP contribution in [0.15, 0.2) is 16.5 Å². The number of piperidine rings is 1. The molecule has 1 fully saturated rings. The Kier molecular flexibility index (Phi) is 6.66. The highest BCUT2D eigenvalue weighted by molar-refractivity contribution is 7.88. The van der Waals surface area contributed by atoms with Gasteiger partial charge in [-0.25, -0.2) is 13.1 Å². The van der Waals surface area contributed by atoms with E-state index in [4.69, 9.17) is 4.42 Å². The molecule has 9 heteroatoms. The molecule has 1 saturated heterocycles. The topological polar surface area (TPSA) is 100 Å². The normalized spacial score (nSPS) is 18.8. The number of furan rings is 1. The second-order valence-corrected chi connectivity index (χ2v) is 6.71. The molecule has 7 nitrogen and oxygen atoms in total. The minimum absolute atomic E-state index is 0. The van der Waals surface area contributed by atoms with Gasteiger partial charge in [0, 0.05) is 12.6 Å². The maximum atomic E-state index is 12.0. The molecule has 0 spiro atoms. The highest BCUT2D eigenvalue weighted by Gasteiger charge is 2.18. The van der Waals surface area contributed by atoms with Crippen molar-refractivity contribution < 1.29 is 17.6 Å². The van der Waals surface area contributed by atoms with Crippen LogP contribution in [0.5, 0.6) is 0 Å². The number of halogens is 1. The molecule has 2 rings (SSSR count). The number of sulfonamides is 1. The molecule has 1 atom stereocenters. The molecule has 120 valence electrons. The van der Waals surface area contributed by atoms with Crippen molar-refractivity contribution in [3.63, 3.8) is 0 Å². The van der Waals surface area contributed by atoms with Crippen LogP contribution in [0.1, 0.15) is 29.2 Å². The van der Waals surface area contributed by atoms with Crippen LogP contribution in [-0.4, -0.2) is 39.7 Å². The van der Waals surface area contributed by atoms with Crippen molar-refractivity contribution in [3.05, 3.63) is 23.7 Å². The maximum Gasteiger partial charge on any atom is 0.287 e. The smallest absolute Gasteiger partial charge is 0.287 e. The molecule has 1 aromatic heterocycles. The predicted octanol–water partition coefficient (Wildman–Crippen LogP) is 0.232. The van der Waals surface area contributed by atoms with Crippen molar-refractivity contribution in [2.45, 2.75) is 25.4 Å². The fraction of sp³-hybridized carbons (Fsp3) is 0.583. The molecule has 3 N–H and O–H groups in total. The van der Waals surface area contributed by atoms with Crippen LogP contribution in [0.2, 0.25) is 0 Å². The molecular formula is C12H20ClN3O4S. The van der Waals surface area contributed by atoms with Crippen LogP contribution < -0.4 is 15.4 Å². The third-order valence-electron chi connectivity index (χ3n) is 3.03. The zero-order valence-electron chi connectivity index (χ0n) is 11.7. The first-order valence-corrected chi connectivity index (χ1v) is 8.38. The van der Waals surface area contributed by atoms with Crippen molar-refractivity contribution in [2.24, 2.45) is 0 Å². The van der Waals surface area contributed by atoms with E-state index in [0.717, 1.165) is 32.2 Å². The van der Waals surface area contributed by atoms with Gasteiger partial charge in [-0.15, -0.1) is 12.4 Å². The number of hydrogen-bond acceptors (Lipinski definition) is 5. The Morgan fingerprint density at radius 1 is 1.48 bits per heavy atom. The Morgan fingerprint density at radius 2 is 2.24 bits per heavy atom. The van der Waals surface area contributed by atoms with Crippen molar-refractivity contribution >= 4 is 28.3 Å². The number of amides is 1. The van der Waals surface area contributed by atoms with Crippen LogP contribution >= 0.6 is 12.4 Å². The summed E-state index contributed by atoms with van der Waals surface area (Å²) in [6.07, 6.45) is 3.05. The molecule has 0 aliphatic carbocycles. The van der Waals surface area contributed by atoms with Gasteiger partial charge in [0.1, 0.15) is 5.76 Å². The van der Waals surface area contributed by atoms with Gasteiger partial charge in [0.05, 0.1) is 12.8 Å². The van der Waals surface area contributed by atoms with Gasteiger partial charge in [0.25, 0.3) is 5.91 Å². The minimum Gasteiger partial charge on any atom is -0.455 e. The van der Waals surface area contributed by atoms with Gasteiger partial charge >= 0.3 is 0 Å². The molecular weight excluding hydrogens is 318 g/mol. The molecule has 1 amide bonds. The van der Waals surface area contributed by atoms with Gasteiger partial charge in [-0.2, -0.15) is 0 Å².